The van der Waals surface area contributed by atoms with E-state index in [9.17, 15) is 4.79 Å². The minimum atomic E-state index is -0.391. The summed E-state index contributed by atoms with van der Waals surface area (Å²) >= 11 is 7.22. The molecular formula is C17H16ClN5OS. The lowest BCUT2D eigenvalue weighted by Gasteiger charge is -2.10. The van der Waals surface area contributed by atoms with Crippen molar-refractivity contribution in [2.45, 2.75) is 24.3 Å². The van der Waals surface area contributed by atoms with E-state index in [1.165, 1.54) is 17.3 Å². The van der Waals surface area contributed by atoms with Gasteiger partial charge in [-0.3, -0.25) is 9.89 Å². The highest BCUT2D eigenvalue weighted by Gasteiger charge is 2.18. The number of pyridine rings is 1. The third-order valence-corrected chi connectivity index (χ3v) is 4.72. The number of rotatable bonds is 5. The van der Waals surface area contributed by atoms with Gasteiger partial charge in [0.2, 0.25) is 11.1 Å². The van der Waals surface area contributed by atoms with Crippen molar-refractivity contribution in [3.63, 3.8) is 0 Å². The normalized spacial score (nSPS) is 12.0. The minimum Gasteiger partial charge on any atom is -0.322 e. The van der Waals surface area contributed by atoms with E-state index in [0.29, 0.717) is 16.7 Å². The second-order valence-electron chi connectivity index (χ2n) is 5.42. The van der Waals surface area contributed by atoms with Crippen LogP contribution in [0.2, 0.25) is 5.15 Å². The zero-order chi connectivity index (χ0) is 17.8. The van der Waals surface area contributed by atoms with Gasteiger partial charge in [-0.05, 0) is 26.0 Å². The van der Waals surface area contributed by atoms with Crippen LogP contribution in [0, 0.1) is 6.92 Å². The summed E-state index contributed by atoms with van der Waals surface area (Å²) < 4.78 is 0. The SMILES string of the molecule is Cc1ccc(-c2nc(SC(C)C(=O)Nc3cccnc3Cl)n[nH]2)cc1. The number of nitrogens with zero attached hydrogens (tertiary/aromatic N) is 3. The van der Waals surface area contributed by atoms with E-state index in [2.05, 4.69) is 25.5 Å². The molecule has 0 aliphatic heterocycles. The lowest BCUT2D eigenvalue weighted by Crippen LogP contribution is -2.22. The van der Waals surface area contributed by atoms with Gasteiger partial charge in [-0.25, -0.2) is 9.97 Å². The molecule has 1 amide bonds. The van der Waals surface area contributed by atoms with Gasteiger partial charge in [-0.2, -0.15) is 0 Å². The molecule has 1 atom stereocenters. The van der Waals surface area contributed by atoms with Crippen LogP contribution in [0.1, 0.15) is 12.5 Å². The molecule has 6 nitrogen and oxygen atoms in total. The number of aromatic nitrogens is 4. The molecule has 0 spiro atoms. The van der Waals surface area contributed by atoms with Crippen LogP contribution in [-0.2, 0) is 4.79 Å². The summed E-state index contributed by atoms with van der Waals surface area (Å²) in [4.78, 5) is 20.7. The Morgan fingerprint density at radius 3 is 2.76 bits per heavy atom. The summed E-state index contributed by atoms with van der Waals surface area (Å²) in [6.07, 6.45) is 1.57. The Morgan fingerprint density at radius 2 is 2.04 bits per heavy atom. The first kappa shape index (κ1) is 17.4. The van der Waals surface area contributed by atoms with Crippen LogP contribution in [0.15, 0.2) is 47.8 Å². The number of nitrogens with one attached hydrogen (secondary N) is 2. The monoisotopic (exact) mass is 373 g/mol. The molecule has 0 bridgehead atoms. The minimum absolute atomic E-state index is 0.193. The van der Waals surface area contributed by atoms with Crippen LogP contribution in [0.5, 0.6) is 0 Å². The van der Waals surface area contributed by atoms with Gasteiger partial charge in [0.15, 0.2) is 11.0 Å². The number of H-pyrrole nitrogens is 1. The van der Waals surface area contributed by atoms with Gasteiger partial charge in [0.05, 0.1) is 10.9 Å². The van der Waals surface area contributed by atoms with Crippen molar-refractivity contribution >= 4 is 35.0 Å². The molecule has 1 aromatic carbocycles. The first-order chi connectivity index (χ1) is 12.0. The van der Waals surface area contributed by atoms with Crippen molar-refractivity contribution in [2.75, 3.05) is 5.32 Å². The zero-order valence-electron chi connectivity index (χ0n) is 13.7. The standard InChI is InChI=1S/C17H16ClN5OS/c1-10-5-7-12(8-6-10)15-21-17(23-22-15)25-11(2)16(24)20-13-4-3-9-19-14(13)18/h3-9,11H,1-2H3,(H,20,24)(H,21,22,23). The number of thioether (sulfide) groups is 1. The van der Waals surface area contributed by atoms with Crippen molar-refractivity contribution in [1.82, 2.24) is 20.2 Å². The van der Waals surface area contributed by atoms with Crippen LogP contribution < -0.4 is 5.32 Å². The molecular weight excluding hydrogens is 358 g/mol. The fraction of sp³-hybridized carbons (Fsp3) is 0.176. The van der Waals surface area contributed by atoms with Gasteiger partial charge in [-0.1, -0.05) is 53.2 Å². The van der Waals surface area contributed by atoms with Gasteiger partial charge >= 0.3 is 0 Å². The first-order valence-electron chi connectivity index (χ1n) is 7.60. The number of halogens is 1. The molecule has 0 fully saturated rings. The van der Waals surface area contributed by atoms with E-state index in [0.717, 1.165) is 5.56 Å². The highest BCUT2D eigenvalue weighted by molar-refractivity contribution is 8.00. The predicted octanol–water partition coefficient (Wildman–Crippen LogP) is 3.95. The lowest BCUT2D eigenvalue weighted by molar-refractivity contribution is -0.115. The van der Waals surface area contributed by atoms with Crippen LogP contribution in [0.4, 0.5) is 5.69 Å². The van der Waals surface area contributed by atoms with E-state index in [4.69, 9.17) is 11.6 Å². The van der Waals surface area contributed by atoms with E-state index in [1.54, 1.807) is 25.3 Å². The number of aryl methyl sites for hydroxylation is 1. The van der Waals surface area contributed by atoms with Gasteiger partial charge < -0.3 is 5.32 Å². The number of hydrogen-bond acceptors (Lipinski definition) is 5. The number of amides is 1. The summed E-state index contributed by atoms with van der Waals surface area (Å²) in [7, 11) is 0. The molecule has 2 aromatic heterocycles. The fourth-order valence-corrected chi connectivity index (χ4v) is 2.96. The van der Waals surface area contributed by atoms with Crippen LogP contribution in [-0.4, -0.2) is 31.3 Å². The summed E-state index contributed by atoms with van der Waals surface area (Å²) in [5, 5.41) is 10.2. The summed E-state index contributed by atoms with van der Waals surface area (Å²) in [6, 6.07) is 11.4. The average molecular weight is 374 g/mol. The molecule has 2 heterocycles. The zero-order valence-corrected chi connectivity index (χ0v) is 15.2. The van der Waals surface area contributed by atoms with Gasteiger partial charge in [-0.15, -0.1) is 5.10 Å². The Hall–Kier alpha value is -2.38. The number of hydrogen-bond donors (Lipinski definition) is 2. The number of carbonyl (C=O) groups excluding carboxylic acids is 1. The lowest BCUT2D eigenvalue weighted by atomic mass is 10.1. The summed E-state index contributed by atoms with van der Waals surface area (Å²) in [6.45, 7) is 3.81. The average Bonchev–Trinajstić information content (AvgIpc) is 3.06. The number of carbonyl (C=O) groups is 1. The molecule has 1 unspecified atom stereocenters. The third kappa shape index (κ3) is 4.37. The molecule has 0 radical (unpaired) electrons. The van der Waals surface area contributed by atoms with Crippen molar-refractivity contribution in [1.29, 1.82) is 0 Å². The fourth-order valence-electron chi connectivity index (χ4n) is 2.06. The number of aromatic amines is 1. The topological polar surface area (TPSA) is 83.6 Å². The van der Waals surface area contributed by atoms with Crippen LogP contribution in [0.25, 0.3) is 11.4 Å². The molecule has 0 aliphatic rings. The largest absolute Gasteiger partial charge is 0.322 e. The maximum absolute atomic E-state index is 12.3. The van der Waals surface area contributed by atoms with Crippen molar-refractivity contribution in [3.05, 3.63) is 53.3 Å². The molecule has 0 saturated carbocycles. The number of anilines is 1. The Balaban J connectivity index is 1.65. The molecule has 8 heteroatoms. The van der Waals surface area contributed by atoms with Crippen molar-refractivity contribution in [2.24, 2.45) is 0 Å². The smallest absolute Gasteiger partial charge is 0.237 e. The van der Waals surface area contributed by atoms with Crippen molar-refractivity contribution in [3.8, 4) is 11.4 Å². The van der Waals surface area contributed by atoms with Gasteiger partial charge in [0.1, 0.15) is 0 Å². The van der Waals surface area contributed by atoms with Gasteiger partial charge in [0, 0.05) is 11.8 Å². The van der Waals surface area contributed by atoms with Crippen molar-refractivity contribution < 1.29 is 4.79 Å². The van der Waals surface area contributed by atoms with E-state index >= 15 is 0 Å². The van der Waals surface area contributed by atoms with Crippen LogP contribution in [0.3, 0.4) is 0 Å². The summed E-state index contributed by atoms with van der Waals surface area (Å²) in [5.74, 6) is 0.479. The quantitative estimate of drug-likeness (QED) is 0.522. The number of benzene rings is 1. The highest BCUT2D eigenvalue weighted by Crippen LogP contribution is 2.25. The molecule has 25 heavy (non-hydrogen) atoms. The molecule has 3 rings (SSSR count). The van der Waals surface area contributed by atoms with E-state index in [1.807, 2.05) is 31.2 Å². The Labute approximate surface area is 154 Å². The Kier molecular flexibility index (Phi) is 5.35. The molecule has 3 aromatic rings. The Morgan fingerprint density at radius 1 is 1.28 bits per heavy atom. The highest BCUT2D eigenvalue weighted by atomic mass is 35.5. The second-order valence-corrected chi connectivity index (χ2v) is 7.09. The van der Waals surface area contributed by atoms with Gasteiger partial charge in [0.25, 0.3) is 0 Å². The maximum atomic E-state index is 12.3. The molecule has 0 saturated heterocycles. The molecule has 128 valence electrons. The predicted molar refractivity (Wildman–Crippen MR) is 99.8 cm³/mol. The van der Waals surface area contributed by atoms with E-state index in [-0.39, 0.29) is 11.1 Å². The van der Waals surface area contributed by atoms with E-state index < -0.39 is 5.25 Å². The second kappa shape index (κ2) is 7.67. The Bertz CT molecular complexity index is 881. The summed E-state index contributed by atoms with van der Waals surface area (Å²) in [5.41, 5.74) is 2.61. The van der Waals surface area contributed by atoms with Crippen LogP contribution >= 0.6 is 23.4 Å². The molecule has 0 aliphatic carbocycles. The third-order valence-electron chi connectivity index (χ3n) is 3.46. The maximum Gasteiger partial charge on any atom is 0.237 e. The first-order valence-corrected chi connectivity index (χ1v) is 8.86. The molecule has 2 N–H and O–H groups in total.